The van der Waals surface area contributed by atoms with Gasteiger partial charge in [-0.25, -0.2) is 13.1 Å². The second-order valence-corrected chi connectivity index (χ2v) is 7.95. The van der Waals surface area contributed by atoms with Gasteiger partial charge in [0, 0.05) is 27.2 Å². The van der Waals surface area contributed by atoms with Crippen LogP contribution in [-0.2, 0) is 28.9 Å². The van der Waals surface area contributed by atoms with Crippen LogP contribution in [0.4, 0.5) is 0 Å². The minimum atomic E-state index is -3.28. The van der Waals surface area contributed by atoms with E-state index in [2.05, 4.69) is 27.2 Å². The molecule has 0 fully saturated rings. The Morgan fingerprint density at radius 1 is 1.04 bits per heavy atom. The summed E-state index contributed by atoms with van der Waals surface area (Å²) in [4.78, 5) is 6.37. The minimum absolute atomic E-state index is 0. The molecule has 6 nitrogen and oxygen atoms in total. The number of hydrogen-bond donors (Lipinski definition) is 2. The predicted molar refractivity (Wildman–Crippen MR) is 122 cm³/mol. The molecule has 8 heteroatoms. The third-order valence-corrected chi connectivity index (χ3v) is 5.28. The van der Waals surface area contributed by atoms with Crippen molar-refractivity contribution in [3.05, 3.63) is 71.3 Å². The van der Waals surface area contributed by atoms with E-state index in [-0.39, 0.29) is 29.7 Å². The van der Waals surface area contributed by atoms with Crippen molar-refractivity contribution in [3.63, 3.8) is 0 Å². The van der Waals surface area contributed by atoms with Gasteiger partial charge in [-0.2, -0.15) is 0 Å². The molecule has 148 valence electrons. The van der Waals surface area contributed by atoms with Gasteiger partial charge in [0.2, 0.25) is 10.0 Å². The van der Waals surface area contributed by atoms with Gasteiger partial charge in [0.1, 0.15) is 0 Å². The quantitative estimate of drug-likeness (QED) is 0.347. The third-order valence-electron chi connectivity index (χ3n) is 3.95. The van der Waals surface area contributed by atoms with Crippen LogP contribution >= 0.6 is 24.0 Å². The Morgan fingerprint density at radius 3 is 2.30 bits per heavy atom. The van der Waals surface area contributed by atoms with Gasteiger partial charge in [0.15, 0.2) is 5.96 Å². The molecule has 0 aliphatic rings. The van der Waals surface area contributed by atoms with E-state index in [0.717, 1.165) is 23.6 Å². The van der Waals surface area contributed by atoms with Gasteiger partial charge in [-0.1, -0.05) is 54.6 Å². The van der Waals surface area contributed by atoms with E-state index in [1.165, 1.54) is 12.6 Å². The maximum Gasteiger partial charge on any atom is 0.215 e. The fourth-order valence-electron chi connectivity index (χ4n) is 2.62. The molecule has 0 radical (unpaired) electrons. The second-order valence-electron chi connectivity index (χ2n) is 6.03. The average Bonchev–Trinajstić information content (AvgIpc) is 2.63. The van der Waals surface area contributed by atoms with E-state index < -0.39 is 10.0 Å². The van der Waals surface area contributed by atoms with Crippen LogP contribution in [0.15, 0.2) is 59.6 Å². The lowest BCUT2D eigenvalue weighted by molar-refractivity contribution is 0.476. The molecule has 0 aliphatic carbocycles. The van der Waals surface area contributed by atoms with Gasteiger partial charge in [-0.15, -0.1) is 24.0 Å². The highest BCUT2D eigenvalue weighted by atomic mass is 127. The van der Waals surface area contributed by atoms with Crippen LogP contribution in [0.5, 0.6) is 0 Å². The number of guanidine groups is 1. The fraction of sp³-hybridized carbons (Fsp3) is 0.316. The SMILES string of the molecule is CN=C(NCc1cccc(CS(=O)(=O)NC)c1)N(C)Cc1ccccc1.I. The third kappa shape index (κ3) is 7.86. The monoisotopic (exact) mass is 502 g/mol. The van der Waals surface area contributed by atoms with E-state index in [0.29, 0.717) is 6.54 Å². The topological polar surface area (TPSA) is 73.8 Å². The van der Waals surface area contributed by atoms with E-state index in [9.17, 15) is 8.42 Å². The molecule has 0 heterocycles. The summed E-state index contributed by atoms with van der Waals surface area (Å²) >= 11 is 0. The number of rotatable bonds is 7. The Labute approximate surface area is 179 Å². The van der Waals surface area contributed by atoms with Crippen molar-refractivity contribution in [2.75, 3.05) is 21.1 Å². The van der Waals surface area contributed by atoms with Crippen LogP contribution in [0.2, 0.25) is 0 Å². The van der Waals surface area contributed by atoms with Gasteiger partial charge in [-0.05, 0) is 23.7 Å². The van der Waals surface area contributed by atoms with Crippen LogP contribution in [0.1, 0.15) is 16.7 Å². The Morgan fingerprint density at radius 2 is 1.67 bits per heavy atom. The van der Waals surface area contributed by atoms with Crippen molar-refractivity contribution in [1.29, 1.82) is 0 Å². The van der Waals surface area contributed by atoms with Crippen molar-refractivity contribution in [1.82, 2.24) is 14.9 Å². The Balaban J connectivity index is 0.00000364. The highest BCUT2D eigenvalue weighted by Crippen LogP contribution is 2.09. The Hall–Kier alpha value is -1.65. The van der Waals surface area contributed by atoms with Crippen LogP contribution < -0.4 is 10.0 Å². The molecule has 2 aromatic rings. The van der Waals surface area contributed by atoms with Gasteiger partial charge < -0.3 is 10.2 Å². The molecule has 0 atom stereocenters. The van der Waals surface area contributed by atoms with E-state index in [1.807, 2.05) is 54.4 Å². The number of nitrogens with zero attached hydrogens (tertiary/aromatic N) is 2. The molecule has 0 bridgehead atoms. The highest BCUT2D eigenvalue weighted by Gasteiger charge is 2.10. The first-order valence-electron chi connectivity index (χ1n) is 8.38. The van der Waals surface area contributed by atoms with Crippen molar-refractivity contribution in [2.24, 2.45) is 4.99 Å². The summed E-state index contributed by atoms with van der Waals surface area (Å²) in [5, 5.41) is 3.32. The average molecular weight is 502 g/mol. The first-order valence-corrected chi connectivity index (χ1v) is 10.0. The van der Waals surface area contributed by atoms with E-state index in [1.54, 1.807) is 7.05 Å². The molecule has 0 aromatic heterocycles. The largest absolute Gasteiger partial charge is 0.352 e. The maximum absolute atomic E-state index is 11.7. The molecule has 0 aliphatic heterocycles. The second kappa shape index (κ2) is 11.3. The van der Waals surface area contributed by atoms with E-state index >= 15 is 0 Å². The van der Waals surface area contributed by atoms with Gasteiger partial charge in [0.25, 0.3) is 0 Å². The number of hydrogen-bond acceptors (Lipinski definition) is 3. The molecule has 2 aromatic carbocycles. The van der Waals surface area contributed by atoms with Crippen LogP contribution in [0, 0.1) is 0 Å². The van der Waals surface area contributed by atoms with Gasteiger partial charge >= 0.3 is 0 Å². The molecule has 0 saturated heterocycles. The fourth-order valence-corrected chi connectivity index (χ4v) is 3.38. The molecule has 2 N–H and O–H groups in total. The summed E-state index contributed by atoms with van der Waals surface area (Å²) < 4.78 is 25.7. The van der Waals surface area contributed by atoms with Crippen molar-refractivity contribution in [2.45, 2.75) is 18.8 Å². The minimum Gasteiger partial charge on any atom is -0.352 e. The maximum atomic E-state index is 11.7. The Bertz CT molecular complexity index is 842. The molecule has 27 heavy (non-hydrogen) atoms. The number of nitrogens with one attached hydrogen (secondary N) is 2. The van der Waals surface area contributed by atoms with Crippen LogP contribution in [0.25, 0.3) is 0 Å². The highest BCUT2D eigenvalue weighted by molar-refractivity contribution is 14.0. The number of halogens is 1. The normalized spacial score (nSPS) is 11.6. The number of sulfonamides is 1. The molecule has 0 unspecified atom stereocenters. The summed E-state index contributed by atoms with van der Waals surface area (Å²) in [6.07, 6.45) is 0. The zero-order chi connectivity index (χ0) is 19.0. The predicted octanol–water partition coefficient (Wildman–Crippen LogP) is 2.56. The van der Waals surface area contributed by atoms with Gasteiger partial charge in [0.05, 0.1) is 5.75 Å². The molecule has 0 saturated carbocycles. The van der Waals surface area contributed by atoms with Crippen molar-refractivity contribution >= 4 is 40.0 Å². The standard InChI is InChI=1S/C19H26N4O2S.HI/c1-20-19(23(3)14-16-8-5-4-6-9-16)22-13-17-10-7-11-18(12-17)15-26(24,25)21-2;/h4-12,21H,13-15H2,1-3H3,(H,20,22);1H. The van der Waals surface area contributed by atoms with Crippen molar-refractivity contribution in [3.8, 4) is 0 Å². The lowest BCUT2D eigenvalue weighted by atomic mass is 10.1. The summed E-state index contributed by atoms with van der Waals surface area (Å²) in [5.74, 6) is 0.752. The number of benzene rings is 2. The molecular weight excluding hydrogens is 475 g/mol. The Kier molecular flexibility index (Phi) is 9.75. The zero-order valence-electron chi connectivity index (χ0n) is 15.8. The molecular formula is C19H27IN4O2S. The first-order chi connectivity index (χ1) is 12.4. The van der Waals surface area contributed by atoms with Gasteiger partial charge in [-0.3, -0.25) is 4.99 Å². The van der Waals surface area contributed by atoms with Crippen molar-refractivity contribution < 1.29 is 8.42 Å². The summed E-state index contributed by atoms with van der Waals surface area (Å²) in [6, 6.07) is 17.7. The molecule has 0 amide bonds. The van der Waals surface area contributed by atoms with E-state index in [4.69, 9.17) is 0 Å². The first kappa shape index (κ1) is 23.4. The number of aliphatic imine (C=N–C) groups is 1. The van der Waals surface area contributed by atoms with Crippen LogP contribution in [0.3, 0.4) is 0 Å². The summed E-state index contributed by atoms with van der Waals surface area (Å²) in [5.41, 5.74) is 2.96. The lowest BCUT2D eigenvalue weighted by Crippen LogP contribution is -2.38. The smallest absolute Gasteiger partial charge is 0.215 e. The zero-order valence-corrected chi connectivity index (χ0v) is 19.0. The van der Waals surface area contributed by atoms with Crippen LogP contribution in [-0.4, -0.2) is 40.4 Å². The summed E-state index contributed by atoms with van der Waals surface area (Å²) in [7, 11) is 1.88. The molecule has 0 spiro atoms. The lowest BCUT2D eigenvalue weighted by Gasteiger charge is -2.22. The molecule has 2 rings (SSSR count). The summed E-state index contributed by atoms with van der Waals surface area (Å²) in [6.45, 7) is 1.32.